The monoisotopic (exact) mass is 533 g/mol. The highest BCUT2D eigenvalue weighted by Gasteiger charge is 2.32. The minimum atomic E-state index is -4.49. The third kappa shape index (κ3) is 5.67. The third-order valence-corrected chi connectivity index (χ3v) is 6.46. The van der Waals surface area contributed by atoms with Crippen molar-refractivity contribution in [2.75, 3.05) is 37.9 Å². The summed E-state index contributed by atoms with van der Waals surface area (Å²) in [7, 11) is 3.39. The molecule has 1 aliphatic rings. The molecule has 0 aliphatic carbocycles. The molecule has 0 amide bonds. The summed E-state index contributed by atoms with van der Waals surface area (Å²) in [5, 5.41) is 10.7. The predicted molar refractivity (Wildman–Crippen MR) is 134 cm³/mol. The van der Waals surface area contributed by atoms with E-state index in [1.165, 1.54) is 7.11 Å². The molecular formula is C25H27F4N7O2. The van der Waals surface area contributed by atoms with Gasteiger partial charge in [-0.2, -0.15) is 18.2 Å². The first-order chi connectivity index (χ1) is 18.2. The van der Waals surface area contributed by atoms with Crippen molar-refractivity contribution in [1.82, 2.24) is 24.6 Å². The van der Waals surface area contributed by atoms with Crippen molar-refractivity contribution in [2.24, 2.45) is 0 Å². The standard InChI is InChI=1S/C25H27F4N7O2/c1-35-9-8-19(17(26)13-35)32-18-4-3-5-20-16(18)10-21(36(20)14-25(27,28)29)24-33-23(38-34-24)12-31-22-7-6-15(37-2)11-30-22/h3-7,10-11,17,19,32H,8-9,12-14H2,1-2H3,(H,30,31)/t17-,19+/m0/s1. The van der Waals surface area contributed by atoms with Crippen molar-refractivity contribution in [1.29, 1.82) is 0 Å². The summed E-state index contributed by atoms with van der Waals surface area (Å²) in [5.74, 6) is 1.32. The van der Waals surface area contributed by atoms with Crippen molar-refractivity contribution in [3.05, 3.63) is 48.5 Å². The molecule has 0 unspecified atom stereocenters. The van der Waals surface area contributed by atoms with E-state index in [0.717, 1.165) is 11.1 Å². The Labute approximate surface area is 215 Å². The quantitative estimate of drug-likeness (QED) is 0.314. The first-order valence-corrected chi connectivity index (χ1v) is 12.0. The fraction of sp³-hybridized carbons (Fsp3) is 0.400. The average Bonchev–Trinajstić information content (AvgIpc) is 3.49. The second-order valence-corrected chi connectivity index (χ2v) is 9.24. The predicted octanol–water partition coefficient (Wildman–Crippen LogP) is 4.72. The average molecular weight is 534 g/mol. The van der Waals surface area contributed by atoms with Crippen LogP contribution in [0.5, 0.6) is 5.75 Å². The molecule has 3 aromatic heterocycles. The lowest BCUT2D eigenvalue weighted by molar-refractivity contribution is -0.139. The molecule has 1 fully saturated rings. The van der Waals surface area contributed by atoms with Crippen LogP contribution in [0.3, 0.4) is 0 Å². The molecule has 4 aromatic rings. The molecule has 9 nitrogen and oxygen atoms in total. The molecule has 2 N–H and O–H groups in total. The lowest BCUT2D eigenvalue weighted by Gasteiger charge is -2.33. The van der Waals surface area contributed by atoms with E-state index in [4.69, 9.17) is 9.26 Å². The highest BCUT2D eigenvalue weighted by atomic mass is 19.4. The number of benzene rings is 1. The van der Waals surface area contributed by atoms with E-state index in [-0.39, 0.29) is 24.0 Å². The van der Waals surface area contributed by atoms with Crippen LogP contribution in [0.4, 0.5) is 29.1 Å². The van der Waals surface area contributed by atoms with Crippen LogP contribution in [-0.4, -0.2) is 70.2 Å². The smallest absolute Gasteiger partial charge is 0.406 e. The molecule has 0 bridgehead atoms. The molecule has 1 saturated heterocycles. The van der Waals surface area contributed by atoms with Gasteiger partial charge in [-0.05, 0) is 43.8 Å². The lowest BCUT2D eigenvalue weighted by atomic mass is 10.0. The van der Waals surface area contributed by atoms with Gasteiger partial charge in [-0.25, -0.2) is 9.37 Å². The number of likely N-dealkylation sites (tertiary alicyclic amines) is 1. The number of ether oxygens (including phenoxy) is 1. The topological polar surface area (TPSA) is 93.3 Å². The van der Waals surface area contributed by atoms with Gasteiger partial charge >= 0.3 is 6.18 Å². The van der Waals surface area contributed by atoms with E-state index in [0.29, 0.717) is 41.1 Å². The van der Waals surface area contributed by atoms with Crippen LogP contribution < -0.4 is 15.4 Å². The van der Waals surface area contributed by atoms with Gasteiger partial charge in [-0.3, -0.25) is 0 Å². The molecule has 0 spiro atoms. The highest BCUT2D eigenvalue weighted by molar-refractivity contribution is 5.96. The number of halogens is 4. The van der Waals surface area contributed by atoms with Gasteiger partial charge in [0.15, 0.2) is 0 Å². The van der Waals surface area contributed by atoms with Crippen LogP contribution in [0.2, 0.25) is 0 Å². The number of nitrogens with zero attached hydrogens (tertiary/aromatic N) is 5. The maximum atomic E-state index is 14.7. The molecule has 1 aliphatic heterocycles. The Morgan fingerprint density at radius 1 is 1.21 bits per heavy atom. The van der Waals surface area contributed by atoms with E-state index >= 15 is 0 Å². The summed E-state index contributed by atoms with van der Waals surface area (Å²) in [6.45, 7) is -0.112. The minimum absolute atomic E-state index is 0.0125. The fourth-order valence-corrected chi connectivity index (χ4v) is 4.57. The number of fused-ring (bicyclic) bond motifs is 1. The zero-order chi connectivity index (χ0) is 26.9. The van der Waals surface area contributed by atoms with Gasteiger partial charge in [0.25, 0.3) is 0 Å². The SMILES string of the molecule is COc1ccc(NCc2nc(-c3cc4c(N[C@@H]5CCN(C)C[C@@H]5F)cccc4n3CC(F)(F)F)no2)nc1. The summed E-state index contributed by atoms with van der Waals surface area (Å²) in [6.07, 6.45) is -3.47. The summed E-state index contributed by atoms with van der Waals surface area (Å²) in [5.41, 5.74) is 1.03. The number of rotatable bonds is 8. The van der Waals surface area contributed by atoms with Crippen LogP contribution in [0.1, 0.15) is 12.3 Å². The largest absolute Gasteiger partial charge is 0.495 e. The van der Waals surface area contributed by atoms with E-state index in [1.807, 2.05) is 11.9 Å². The zero-order valence-corrected chi connectivity index (χ0v) is 20.8. The van der Waals surface area contributed by atoms with Crippen LogP contribution in [0.15, 0.2) is 47.1 Å². The molecule has 38 heavy (non-hydrogen) atoms. The summed E-state index contributed by atoms with van der Waals surface area (Å²) >= 11 is 0. The molecular weight excluding hydrogens is 506 g/mol. The number of nitrogens with one attached hydrogen (secondary N) is 2. The van der Waals surface area contributed by atoms with Gasteiger partial charge < -0.3 is 29.4 Å². The highest BCUT2D eigenvalue weighted by Crippen LogP contribution is 2.35. The number of anilines is 2. The first-order valence-electron chi connectivity index (χ1n) is 12.0. The molecule has 5 rings (SSSR count). The van der Waals surface area contributed by atoms with Crippen LogP contribution in [-0.2, 0) is 13.1 Å². The first kappa shape index (κ1) is 25.8. The van der Waals surface area contributed by atoms with Crippen molar-refractivity contribution in [3.63, 3.8) is 0 Å². The van der Waals surface area contributed by atoms with E-state index < -0.39 is 24.9 Å². The van der Waals surface area contributed by atoms with Gasteiger partial charge in [-0.1, -0.05) is 11.2 Å². The Kier molecular flexibility index (Phi) is 7.11. The fourth-order valence-electron chi connectivity index (χ4n) is 4.57. The number of aromatic nitrogens is 4. The molecule has 0 radical (unpaired) electrons. The van der Waals surface area contributed by atoms with Gasteiger partial charge in [0.1, 0.15) is 24.3 Å². The molecule has 4 heterocycles. The summed E-state index contributed by atoms with van der Waals surface area (Å²) < 4.78 is 66.9. The van der Waals surface area contributed by atoms with E-state index in [1.54, 1.807) is 42.6 Å². The molecule has 1 aromatic carbocycles. The van der Waals surface area contributed by atoms with Gasteiger partial charge in [0.2, 0.25) is 11.7 Å². The van der Waals surface area contributed by atoms with Crippen molar-refractivity contribution < 1.29 is 26.8 Å². The Hall–Kier alpha value is -3.87. The molecule has 2 atom stereocenters. The van der Waals surface area contributed by atoms with Gasteiger partial charge in [0, 0.05) is 24.2 Å². The van der Waals surface area contributed by atoms with E-state index in [2.05, 4.69) is 25.8 Å². The second-order valence-electron chi connectivity index (χ2n) is 9.24. The lowest BCUT2D eigenvalue weighted by Crippen LogP contribution is -2.46. The van der Waals surface area contributed by atoms with Gasteiger partial charge in [-0.15, -0.1) is 0 Å². The maximum absolute atomic E-state index is 14.7. The van der Waals surface area contributed by atoms with Crippen LogP contribution in [0.25, 0.3) is 22.4 Å². The zero-order valence-electron chi connectivity index (χ0n) is 20.8. The molecule has 13 heteroatoms. The Balaban J connectivity index is 1.43. The van der Waals surface area contributed by atoms with Crippen molar-refractivity contribution in [2.45, 2.75) is 37.9 Å². The molecule has 0 saturated carbocycles. The van der Waals surface area contributed by atoms with E-state index in [9.17, 15) is 17.6 Å². The third-order valence-electron chi connectivity index (χ3n) is 6.46. The number of piperidine rings is 1. The van der Waals surface area contributed by atoms with Crippen LogP contribution >= 0.6 is 0 Å². The summed E-state index contributed by atoms with van der Waals surface area (Å²) in [6, 6.07) is 9.55. The number of hydrogen-bond acceptors (Lipinski definition) is 8. The number of pyridine rings is 1. The van der Waals surface area contributed by atoms with Gasteiger partial charge in [0.05, 0.1) is 37.1 Å². The maximum Gasteiger partial charge on any atom is 0.406 e. The Morgan fingerprint density at radius 3 is 2.76 bits per heavy atom. The van der Waals surface area contributed by atoms with Crippen LogP contribution in [0, 0.1) is 0 Å². The second kappa shape index (κ2) is 10.5. The molecule has 202 valence electrons. The summed E-state index contributed by atoms with van der Waals surface area (Å²) in [4.78, 5) is 10.4. The number of alkyl halides is 4. The normalized spacial score (nSPS) is 18.6. The Morgan fingerprint density at radius 2 is 2.05 bits per heavy atom. The number of methoxy groups -OCH3 is 1. The minimum Gasteiger partial charge on any atom is -0.495 e. The van der Waals surface area contributed by atoms with Crippen molar-refractivity contribution in [3.8, 4) is 17.3 Å². The Bertz CT molecular complexity index is 1390. The van der Waals surface area contributed by atoms with Crippen molar-refractivity contribution >= 4 is 22.4 Å². The number of hydrogen-bond donors (Lipinski definition) is 2.